The smallest absolute Gasteiger partial charge is 0.339 e. The third-order valence-corrected chi connectivity index (χ3v) is 4.66. The number of cyclic esters (lactones) is 1. The summed E-state index contributed by atoms with van der Waals surface area (Å²) >= 11 is 0. The van der Waals surface area contributed by atoms with Crippen LogP contribution in [0.15, 0.2) is 42.5 Å². The normalized spacial score (nSPS) is 18.5. The van der Waals surface area contributed by atoms with Crippen LogP contribution in [0.3, 0.4) is 0 Å². The fourth-order valence-corrected chi connectivity index (χ4v) is 3.34. The predicted molar refractivity (Wildman–Crippen MR) is 89.0 cm³/mol. The minimum absolute atomic E-state index is 0.243. The van der Waals surface area contributed by atoms with Crippen molar-refractivity contribution in [3.05, 3.63) is 64.7 Å². The van der Waals surface area contributed by atoms with E-state index in [9.17, 15) is 4.79 Å². The maximum atomic E-state index is 11.6. The first-order chi connectivity index (χ1) is 11.8. The van der Waals surface area contributed by atoms with Crippen molar-refractivity contribution in [2.24, 2.45) is 5.92 Å². The van der Waals surface area contributed by atoms with E-state index in [1.54, 1.807) is 0 Å². The molecule has 0 fully saturated rings. The van der Waals surface area contributed by atoms with E-state index in [4.69, 9.17) is 14.2 Å². The fourth-order valence-electron chi connectivity index (χ4n) is 3.34. The van der Waals surface area contributed by atoms with E-state index in [-0.39, 0.29) is 5.97 Å². The number of carbonyl (C=O) groups is 1. The molecule has 2 aromatic carbocycles. The van der Waals surface area contributed by atoms with Crippen LogP contribution in [0.25, 0.3) is 0 Å². The highest BCUT2D eigenvalue weighted by molar-refractivity contribution is 5.94. The van der Waals surface area contributed by atoms with E-state index in [2.05, 4.69) is 12.1 Å². The number of esters is 1. The summed E-state index contributed by atoms with van der Waals surface area (Å²) < 4.78 is 16.8. The molecule has 0 saturated carbocycles. The summed E-state index contributed by atoms with van der Waals surface area (Å²) in [7, 11) is 0. The average molecular weight is 324 g/mol. The first-order valence-electron chi connectivity index (χ1n) is 8.37. The van der Waals surface area contributed by atoms with E-state index >= 15 is 0 Å². The minimum Gasteiger partial charge on any atom is -0.493 e. The molecule has 124 valence electrons. The number of benzene rings is 2. The van der Waals surface area contributed by atoms with Crippen molar-refractivity contribution < 1.29 is 19.0 Å². The predicted octanol–water partition coefficient (Wildman–Crippen LogP) is 3.52. The van der Waals surface area contributed by atoms with Gasteiger partial charge in [-0.3, -0.25) is 0 Å². The highest BCUT2D eigenvalue weighted by Crippen LogP contribution is 2.37. The Morgan fingerprint density at radius 1 is 1.08 bits per heavy atom. The molecule has 0 aromatic heterocycles. The van der Waals surface area contributed by atoms with Gasteiger partial charge in [0, 0.05) is 12.2 Å². The molecule has 4 rings (SSSR count). The SMILES string of the molecule is O=C1OCc2c1ccc1c2OCC(CCOCc2ccccc2)C1. The summed E-state index contributed by atoms with van der Waals surface area (Å²) in [6, 6.07) is 14.1. The van der Waals surface area contributed by atoms with Gasteiger partial charge in [-0.15, -0.1) is 0 Å². The van der Waals surface area contributed by atoms with E-state index in [0.717, 1.165) is 30.8 Å². The zero-order chi connectivity index (χ0) is 16.4. The van der Waals surface area contributed by atoms with Crippen LogP contribution in [0, 0.1) is 5.92 Å². The Hall–Kier alpha value is -2.33. The van der Waals surface area contributed by atoms with Gasteiger partial charge >= 0.3 is 5.97 Å². The van der Waals surface area contributed by atoms with Gasteiger partial charge in [0.1, 0.15) is 12.4 Å². The Morgan fingerprint density at radius 3 is 2.83 bits per heavy atom. The Bertz CT molecular complexity index is 739. The number of rotatable bonds is 5. The monoisotopic (exact) mass is 324 g/mol. The zero-order valence-electron chi connectivity index (χ0n) is 13.5. The molecule has 0 aliphatic carbocycles. The van der Waals surface area contributed by atoms with Crippen molar-refractivity contribution >= 4 is 5.97 Å². The van der Waals surface area contributed by atoms with Gasteiger partial charge in [-0.25, -0.2) is 4.79 Å². The third kappa shape index (κ3) is 3.02. The van der Waals surface area contributed by atoms with E-state index in [1.165, 1.54) is 11.1 Å². The van der Waals surface area contributed by atoms with Gasteiger partial charge in [0.2, 0.25) is 0 Å². The first kappa shape index (κ1) is 15.2. The molecule has 0 amide bonds. The fraction of sp³-hybridized carbons (Fsp3) is 0.350. The largest absolute Gasteiger partial charge is 0.493 e. The average Bonchev–Trinajstić information content (AvgIpc) is 3.01. The van der Waals surface area contributed by atoms with Crippen LogP contribution < -0.4 is 4.74 Å². The lowest BCUT2D eigenvalue weighted by molar-refractivity contribution is 0.0532. The number of hydrogen-bond acceptors (Lipinski definition) is 4. The second-order valence-corrected chi connectivity index (χ2v) is 6.36. The molecule has 2 aromatic rings. The standard InChI is InChI=1S/C20H20O4/c21-20-17-7-6-16-10-15(12-23-19(16)18(17)13-24-20)8-9-22-11-14-4-2-1-3-5-14/h1-7,15H,8-13H2. The highest BCUT2D eigenvalue weighted by Gasteiger charge is 2.30. The summed E-state index contributed by atoms with van der Waals surface area (Å²) in [4.78, 5) is 11.6. The lowest BCUT2D eigenvalue weighted by atomic mass is 9.91. The van der Waals surface area contributed by atoms with E-state index in [0.29, 0.717) is 31.3 Å². The highest BCUT2D eigenvalue weighted by atomic mass is 16.5. The summed E-state index contributed by atoms with van der Waals surface area (Å²) in [6.07, 6.45) is 1.93. The summed E-state index contributed by atoms with van der Waals surface area (Å²) in [6.45, 7) is 2.39. The van der Waals surface area contributed by atoms with Crippen LogP contribution in [0.5, 0.6) is 5.75 Å². The molecule has 0 radical (unpaired) electrons. The van der Waals surface area contributed by atoms with E-state index < -0.39 is 0 Å². The second-order valence-electron chi connectivity index (χ2n) is 6.36. The van der Waals surface area contributed by atoms with Crippen molar-refractivity contribution in [1.29, 1.82) is 0 Å². The lowest BCUT2D eigenvalue weighted by Crippen LogP contribution is -2.23. The van der Waals surface area contributed by atoms with Gasteiger partial charge in [0.15, 0.2) is 0 Å². The summed E-state index contributed by atoms with van der Waals surface area (Å²) in [5.74, 6) is 1.07. The van der Waals surface area contributed by atoms with Gasteiger partial charge in [-0.05, 0) is 36.0 Å². The maximum absolute atomic E-state index is 11.6. The molecule has 4 heteroatoms. The molecular weight excluding hydrogens is 304 g/mol. The van der Waals surface area contributed by atoms with Crippen LogP contribution in [-0.2, 0) is 29.1 Å². The van der Waals surface area contributed by atoms with Gasteiger partial charge in [0.25, 0.3) is 0 Å². The van der Waals surface area contributed by atoms with Crippen LogP contribution in [0.1, 0.15) is 33.5 Å². The number of fused-ring (bicyclic) bond motifs is 3. The van der Waals surface area contributed by atoms with E-state index in [1.807, 2.05) is 30.3 Å². The van der Waals surface area contributed by atoms with Crippen LogP contribution in [0.4, 0.5) is 0 Å². The van der Waals surface area contributed by atoms with Crippen molar-refractivity contribution in [2.75, 3.05) is 13.2 Å². The molecule has 2 heterocycles. The Balaban J connectivity index is 1.32. The molecule has 1 unspecified atom stereocenters. The van der Waals surface area contributed by atoms with Gasteiger partial charge < -0.3 is 14.2 Å². The number of ether oxygens (including phenoxy) is 3. The van der Waals surface area contributed by atoms with Crippen molar-refractivity contribution in [2.45, 2.75) is 26.1 Å². The molecule has 0 saturated heterocycles. The van der Waals surface area contributed by atoms with Crippen LogP contribution in [0.2, 0.25) is 0 Å². The lowest BCUT2D eigenvalue weighted by Gasteiger charge is -2.26. The molecule has 24 heavy (non-hydrogen) atoms. The molecule has 0 bridgehead atoms. The molecule has 2 aliphatic heterocycles. The van der Waals surface area contributed by atoms with Gasteiger partial charge in [-0.1, -0.05) is 36.4 Å². The Labute approximate surface area is 141 Å². The van der Waals surface area contributed by atoms with Crippen LogP contribution >= 0.6 is 0 Å². The molecular formula is C20H20O4. The maximum Gasteiger partial charge on any atom is 0.339 e. The van der Waals surface area contributed by atoms with Crippen molar-refractivity contribution in [3.8, 4) is 5.75 Å². The molecule has 1 atom stereocenters. The van der Waals surface area contributed by atoms with Gasteiger partial charge in [-0.2, -0.15) is 0 Å². The van der Waals surface area contributed by atoms with Gasteiger partial charge in [0.05, 0.1) is 18.8 Å². The zero-order valence-corrected chi connectivity index (χ0v) is 13.5. The number of carbonyl (C=O) groups excluding carboxylic acids is 1. The molecule has 0 spiro atoms. The molecule has 2 aliphatic rings. The third-order valence-electron chi connectivity index (χ3n) is 4.66. The Morgan fingerprint density at radius 2 is 1.96 bits per heavy atom. The van der Waals surface area contributed by atoms with Crippen LogP contribution in [-0.4, -0.2) is 19.2 Å². The molecule has 0 N–H and O–H groups in total. The number of hydrogen-bond donors (Lipinski definition) is 0. The summed E-state index contributed by atoms with van der Waals surface area (Å²) in [5.41, 5.74) is 3.93. The van der Waals surface area contributed by atoms with Crippen molar-refractivity contribution in [1.82, 2.24) is 0 Å². The van der Waals surface area contributed by atoms with Crippen molar-refractivity contribution in [3.63, 3.8) is 0 Å². The second kappa shape index (κ2) is 6.65. The Kier molecular flexibility index (Phi) is 4.22. The quantitative estimate of drug-likeness (QED) is 0.623. The minimum atomic E-state index is -0.243. The topological polar surface area (TPSA) is 44.8 Å². The molecule has 4 nitrogen and oxygen atoms in total. The summed E-state index contributed by atoms with van der Waals surface area (Å²) in [5, 5.41) is 0. The first-order valence-corrected chi connectivity index (χ1v) is 8.37.